The first-order valence-corrected chi connectivity index (χ1v) is 8.30. The number of para-hydroxylation sites is 1. The zero-order valence-corrected chi connectivity index (χ0v) is 14.2. The average Bonchev–Trinajstić information content (AvgIpc) is 3.16. The molecular formula is C20H19N5. The van der Waals surface area contributed by atoms with Crippen molar-refractivity contribution in [2.75, 3.05) is 5.32 Å². The van der Waals surface area contributed by atoms with Crippen molar-refractivity contribution >= 4 is 16.7 Å². The molecule has 0 aliphatic carbocycles. The quantitative estimate of drug-likeness (QED) is 0.606. The second-order valence-corrected chi connectivity index (χ2v) is 6.07. The number of aromatic nitrogens is 4. The summed E-state index contributed by atoms with van der Waals surface area (Å²) >= 11 is 0. The Kier molecular flexibility index (Phi) is 3.90. The zero-order valence-electron chi connectivity index (χ0n) is 14.2. The predicted octanol–water partition coefficient (Wildman–Crippen LogP) is 4.30. The van der Waals surface area contributed by atoms with E-state index < -0.39 is 0 Å². The molecule has 0 saturated carbocycles. The fraction of sp³-hybridized carbons (Fsp3) is 0.150. The molecule has 0 fully saturated rings. The molecule has 0 bridgehead atoms. The molecule has 124 valence electrons. The summed E-state index contributed by atoms with van der Waals surface area (Å²) in [6, 6.07) is 16.4. The number of aryl methyl sites for hydroxylation is 1. The number of hydrogen-bond donors (Lipinski definition) is 1. The van der Waals surface area contributed by atoms with Crippen molar-refractivity contribution < 1.29 is 0 Å². The smallest absolute Gasteiger partial charge is 0.138 e. The topological polar surface area (TPSA) is 55.6 Å². The third-order valence-corrected chi connectivity index (χ3v) is 4.38. The van der Waals surface area contributed by atoms with Gasteiger partial charge in [0.1, 0.15) is 12.1 Å². The maximum Gasteiger partial charge on any atom is 0.138 e. The molecule has 25 heavy (non-hydrogen) atoms. The number of fused-ring (bicyclic) bond motifs is 1. The molecule has 2 aromatic heterocycles. The van der Waals surface area contributed by atoms with Crippen LogP contribution in [0.5, 0.6) is 0 Å². The van der Waals surface area contributed by atoms with Gasteiger partial charge in [-0.2, -0.15) is 5.10 Å². The lowest BCUT2D eigenvalue weighted by Gasteiger charge is -2.19. The van der Waals surface area contributed by atoms with Crippen molar-refractivity contribution in [3.8, 4) is 5.69 Å². The number of hydrogen-bond acceptors (Lipinski definition) is 4. The number of nitrogens with one attached hydrogen (secondary N) is 1. The Bertz CT molecular complexity index is 1000. The van der Waals surface area contributed by atoms with Gasteiger partial charge in [0.15, 0.2) is 0 Å². The molecule has 1 atom stereocenters. The molecule has 0 amide bonds. The van der Waals surface area contributed by atoms with Gasteiger partial charge in [-0.25, -0.2) is 14.6 Å². The van der Waals surface area contributed by atoms with Crippen LogP contribution in [0.1, 0.15) is 24.1 Å². The molecule has 0 saturated heterocycles. The van der Waals surface area contributed by atoms with Crippen LogP contribution in [-0.2, 0) is 0 Å². The van der Waals surface area contributed by atoms with Crippen LogP contribution in [0.3, 0.4) is 0 Å². The molecule has 5 heteroatoms. The Hall–Kier alpha value is -3.21. The molecule has 1 N–H and O–H groups in total. The second kappa shape index (κ2) is 6.36. The van der Waals surface area contributed by atoms with E-state index in [4.69, 9.17) is 0 Å². The molecule has 1 unspecified atom stereocenters. The van der Waals surface area contributed by atoms with Crippen molar-refractivity contribution in [1.82, 2.24) is 19.7 Å². The van der Waals surface area contributed by atoms with Crippen LogP contribution < -0.4 is 5.32 Å². The Balaban J connectivity index is 1.74. The van der Waals surface area contributed by atoms with Gasteiger partial charge < -0.3 is 5.32 Å². The van der Waals surface area contributed by atoms with Crippen molar-refractivity contribution in [3.63, 3.8) is 0 Å². The number of nitrogens with zero attached hydrogens (tertiary/aromatic N) is 4. The molecule has 0 aliphatic rings. The lowest BCUT2D eigenvalue weighted by Crippen LogP contribution is -2.12. The predicted molar refractivity (Wildman–Crippen MR) is 99.9 cm³/mol. The van der Waals surface area contributed by atoms with Crippen molar-refractivity contribution in [1.29, 1.82) is 0 Å². The summed E-state index contributed by atoms with van der Waals surface area (Å²) in [4.78, 5) is 8.86. The maximum absolute atomic E-state index is 4.48. The third-order valence-electron chi connectivity index (χ3n) is 4.38. The lowest BCUT2D eigenvalue weighted by molar-refractivity contribution is 0.815. The van der Waals surface area contributed by atoms with E-state index in [0.717, 1.165) is 33.5 Å². The summed E-state index contributed by atoms with van der Waals surface area (Å²) in [7, 11) is 0. The first-order valence-electron chi connectivity index (χ1n) is 8.30. The Morgan fingerprint density at radius 1 is 1.00 bits per heavy atom. The van der Waals surface area contributed by atoms with E-state index >= 15 is 0 Å². The van der Waals surface area contributed by atoms with Gasteiger partial charge in [-0.05, 0) is 43.2 Å². The van der Waals surface area contributed by atoms with Crippen LogP contribution in [0.4, 0.5) is 5.82 Å². The van der Waals surface area contributed by atoms with Crippen molar-refractivity contribution in [2.24, 2.45) is 0 Å². The highest BCUT2D eigenvalue weighted by molar-refractivity contribution is 5.91. The minimum atomic E-state index is 0.0677. The largest absolute Gasteiger partial charge is 0.363 e. The molecule has 4 aromatic rings. The van der Waals surface area contributed by atoms with E-state index in [-0.39, 0.29) is 6.04 Å². The van der Waals surface area contributed by atoms with Gasteiger partial charge >= 0.3 is 0 Å². The van der Waals surface area contributed by atoms with Crippen molar-refractivity contribution in [2.45, 2.75) is 19.9 Å². The second-order valence-electron chi connectivity index (χ2n) is 6.07. The standard InChI is InChI=1S/C20H19N5/c1-14-7-5-9-17-19(14)20(22-13-21-17)24-15(2)16-8-3-4-10-18(16)25-12-6-11-23-25/h3-13,15H,1-2H3,(H,21,22,24). The van der Waals surface area contributed by atoms with Crippen LogP contribution in [0.25, 0.3) is 16.6 Å². The van der Waals surface area contributed by atoms with E-state index in [2.05, 4.69) is 52.4 Å². The lowest BCUT2D eigenvalue weighted by atomic mass is 10.1. The Morgan fingerprint density at radius 2 is 1.88 bits per heavy atom. The highest BCUT2D eigenvalue weighted by atomic mass is 15.3. The van der Waals surface area contributed by atoms with Gasteiger partial charge in [0.05, 0.1) is 17.2 Å². The molecule has 0 spiro atoms. The summed E-state index contributed by atoms with van der Waals surface area (Å²) in [5, 5.41) is 8.98. The molecular weight excluding hydrogens is 310 g/mol. The molecule has 0 aliphatic heterocycles. The monoisotopic (exact) mass is 329 g/mol. The Morgan fingerprint density at radius 3 is 2.72 bits per heavy atom. The van der Waals surface area contributed by atoms with Crippen LogP contribution >= 0.6 is 0 Å². The molecule has 0 radical (unpaired) electrons. The summed E-state index contributed by atoms with van der Waals surface area (Å²) in [6.45, 7) is 4.22. The normalized spacial score (nSPS) is 12.2. The first-order chi connectivity index (χ1) is 12.2. The van der Waals surface area contributed by atoms with Gasteiger partial charge in [0, 0.05) is 17.8 Å². The molecule has 2 aromatic carbocycles. The van der Waals surface area contributed by atoms with Gasteiger partial charge in [-0.15, -0.1) is 0 Å². The number of anilines is 1. The number of benzene rings is 2. The van der Waals surface area contributed by atoms with Crippen LogP contribution in [0, 0.1) is 6.92 Å². The van der Waals surface area contributed by atoms with Crippen molar-refractivity contribution in [3.05, 3.63) is 78.4 Å². The summed E-state index contributed by atoms with van der Waals surface area (Å²) in [6.07, 6.45) is 5.35. The number of rotatable bonds is 4. The zero-order chi connectivity index (χ0) is 17.2. The highest BCUT2D eigenvalue weighted by Crippen LogP contribution is 2.28. The van der Waals surface area contributed by atoms with Crippen LogP contribution in [0.2, 0.25) is 0 Å². The van der Waals surface area contributed by atoms with E-state index in [1.807, 2.05) is 41.2 Å². The maximum atomic E-state index is 4.48. The Labute approximate surface area is 146 Å². The van der Waals surface area contributed by atoms with Gasteiger partial charge in [-0.1, -0.05) is 30.3 Å². The first kappa shape index (κ1) is 15.3. The molecule has 4 rings (SSSR count). The minimum absolute atomic E-state index is 0.0677. The minimum Gasteiger partial charge on any atom is -0.363 e. The fourth-order valence-electron chi connectivity index (χ4n) is 3.15. The summed E-state index contributed by atoms with van der Waals surface area (Å²) in [5.41, 5.74) is 4.33. The fourth-order valence-corrected chi connectivity index (χ4v) is 3.15. The van der Waals surface area contributed by atoms with Crippen LogP contribution in [0.15, 0.2) is 67.3 Å². The van der Waals surface area contributed by atoms with E-state index in [0.29, 0.717) is 0 Å². The molecule has 2 heterocycles. The third kappa shape index (κ3) is 2.85. The summed E-state index contributed by atoms with van der Waals surface area (Å²) < 4.78 is 1.89. The molecule has 5 nitrogen and oxygen atoms in total. The van der Waals surface area contributed by atoms with E-state index in [1.165, 1.54) is 0 Å². The van der Waals surface area contributed by atoms with Gasteiger partial charge in [-0.3, -0.25) is 0 Å². The van der Waals surface area contributed by atoms with Gasteiger partial charge in [0.2, 0.25) is 0 Å². The van der Waals surface area contributed by atoms with E-state index in [1.54, 1.807) is 12.5 Å². The highest BCUT2D eigenvalue weighted by Gasteiger charge is 2.14. The average molecular weight is 329 g/mol. The van der Waals surface area contributed by atoms with E-state index in [9.17, 15) is 0 Å². The SMILES string of the molecule is Cc1cccc2ncnc(NC(C)c3ccccc3-n3cccn3)c12. The van der Waals surface area contributed by atoms with Crippen LogP contribution in [-0.4, -0.2) is 19.7 Å². The van der Waals surface area contributed by atoms with Gasteiger partial charge in [0.25, 0.3) is 0 Å². The summed E-state index contributed by atoms with van der Waals surface area (Å²) in [5.74, 6) is 0.853.